The Morgan fingerprint density at radius 2 is 1.96 bits per heavy atom. The summed E-state index contributed by atoms with van der Waals surface area (Å²) in [6.07, 6.45) is 1.48. The van der Waals surface area contributed by atoms with E-state index in [2.05, 4.69) is 5.32 Å². The normalized spacial score (nSPS) is 14.2. The van der Waals surface area contributed by atoms with Crippen LogP contribution in [0.4, 0.5) is 11.4 Å². The van der Waals surface area contributed by atoms with Gasteiger partial charge >= 0.3 is 0 Å². The van der Waals surface area contributed by atoms with Gasteiger partial charge in [-0.25, -0.2) is 0 Å². The van der Waals surface area contributed by atoms with Gasteiger partial charge in [0.1, 0.15) is 0 Å². The summed E-state index contributed by atoms with van der Waals surface area (Å²) in [5.74, 6) is 0.00603. The van der Waals surface area contributed by atoms with Crippen LogP contribution in [-0.2, 0) is 4.79 Å². The van der Waals surface area contributed by atoms with Crippen molar-refractivity contribution < 1.29 is 9.59 Å². The quantitative estimate of drug-likeness (QED) is 0.940. The van der Waals surface area contributed by atoms with Crippen molar-refractivity contribution in [2.24, 2.45) is 0 Å². The van der Waals surface area contributed by atoms with E-state index in [4.69, 9.17) is 0 Å². The van der Waals surface area contributed by atoms with Gasteiger partial charge in [-0.1, -0.05) is 23.8 Å². The lowest BCUT2D eigenvalue weighted by molar-refractivity contribution is -0.117. The van der Waals surface area contributed by atoms with Crippen molar-refractivity contribution >= 4 is 23.2 Å². The average Bonchev–Trinajstić information content (AvgIpc) is 2.95. The summed E-state index contributed by atoms with van der Waals surface area (Å²) in [5.41, 5.74) is 4.30. The summed E-state index contributed by atoms with van der Waals surface area (Å²) in [4.78, 5) is 26.1. The first-order valence-corrected chi connectivity index (χ1v) is 7.83. The van der Waals surface area contributed by atoms with Gasteiger partial charge < -0.3 is 10.2 Å². The molecule has 1 heterocycles. The molecule has 0 saturated carbocycles. The summed E-state index contributed by atoms with van der Waals surface area (Å²) >= 11 is 0. The first kappa shape index (κ1) is 15.3. The molecule has 2 aromatic rings. The lowest BCUT2D eigenvalue weighted by Crippen LogP contribution is -2.24. The van der Waals surface area contributed by atoms with E-state index in [1.165, 1.54) is 0 Å². The predicted molar refractivity (Wildman–Crippen MR) is 91.9 cm³/mol. The zero-order valence-corrected chi connectivity index (χ0v) is 13.4. The van der Waals surface area contributed by atoms with Crippen LogP contribution in [0, 0.1) is 13.8 Å². The third kappa shape index (κ3) is 3.26. The third-order valence-electron chi connectivity index (χ3n) is 4.11. The Morgan fingerprint density at radius 1 is 1.13 bits per heavy atom. The highest BCUT2D eigenvalue weighted by molar-refractivity contribution is 6.05. The SMILES string of the molecule is Cc1cccc(C(=O)Nc2ccc(C)c(N3CCCC3=O)c2)c1. The maximum Gasteiger partial charge on any atom is 0.255 e. The highest BCUT2D eigenvalue weighted by atomic mass is 16.2. The molecule has 4 nitrogen and oxygen atoms in total. The zero-order chi connectivity index (χ0) is 16.4. The molecule has 118 valence electrons. The van der Waals surface area contributed by atoms with Crippen LogP contribution in [0.2, 0.25) is 0 Å². The highest BCUT2D eigenvalue weighted by Crippen LogP contribution is 2.28. The zero-order valence-electron chi connectivity index (χ0n) is 13.4. The highest BCUT2D eigenvalue weighted by Gasteiger charge is 2.23. The molecule has 0 radical (unpaired) electrons. The van der Waals surface area contributed by atoms with Crippen molar-refractivity contribution in [3.63, 3.8) is 0 Å². The summed E-state index contributed by atoms with van der Waals surface area (Å²) in [5, 5.41) is 2.91. The molecule has 0 aliphatic carbocycles. The van der Waals surface area contributed by atoms with E-state index in [0.717, 1.165) is 29.8 Å². The monoisotopic (exact) mass is 308 g/mol. The molecule has 1 saturated heterocycles. The Bertz CT molecular complexity index is 768. The van der Waals surface area contributed by atoms with Gasteiger partial charge in [-0.2, -0.15) is 0 Å². The van der Waals surface area contributed by atoms with Crippen molar-refractivity contribution in [2.45, 2.75) is 26.7 Å². The maximum absolute atomic E-state index is 12.4. The van der Waals surface area contributed by atoms with E-state index in [1.807, 2.05) is 50.2 Å². The molecule has 0 spiro atoms. The van der Waals surface area contributed by atoms with E-state index < -0.39 is 0 Å². The number of amides is 2. The van der Waals surface area contributed by atoms with E-state index in [1.54, 1.807) is 11.0 Å². The van der Waals surface area contributed by atoms with E-state index in [-0.39, 0.29) is 11.8 Å². The van der Waals surface area contributed by atoms with Gasteiger partial charge in [0, 0.05) is 29.9 Å². The number of benzene rings is 2. The number of rotatable bonds is 3. The second-order valence-corrected chi connectivity index (χ2v) is 5.97. The molecular formula is C19H20N2O2. The second kappa shape index (κ2) is 6.24. The minimum absolute atomic E-state index is 0.142. The van der Waals surface area contributed by atoms with Crippen LogP contribution in [0.1, 0.15) is 34.3 Å². The predicted octanol–water partition coefficient (Wildman–Crippen LogP) is 3.68. The summed E-state index contributed by atoms with van der Waals surface area (Å²) in [6, 6.07) is 13.2. The van der Waals surface area contributed by atoms with Crippen LogP contribution in [0.15, 0.2) is 42.5 Å². The number of nitrogens with zero attached hydrogens (tertiary/aromatic N) is 1. The minimum atomic E-state index is -0.142. The van der Waals surface area contributed by atoms with Crippen LogP contribution in [0.5, 0.6) is 0 Å². The van der Waals surface area contributed by atoms with Crippen molar-refractivity contribution in [1.29, 1.82) is 0 Å². The average molecular weight is 308 g/mol. The number of carbonyl (C=O) groups excluding carboxylic acids is 2. The molecule has 0 bridgehead atoms. The summed E-state index contributed by atoms with van der Waals surface area (Å²) in [7, 11) is 0. The number of hydrogen-bond donors (Lipinski definition) is 1. The lowest BCUT2D eigenvalue weighted by atomic mass is 10.1. The van der Waals surface area contributed by atoms with Crippen LogP contribution < -0.4 is 10.2 Å². The molecule has 4 heteroatoms. The Morgan fingerprint density at radius 3 is 2.65 bits per heavy atom. The Labute approximate surface area is 136 Å². The molecule has 1 fully saturated rings. The standard InChI is InChI=1S/C19H20N2O2/c1-13-5-3-6-15(11-13)19(23)20-16-9-8-14(2)17(12-16)21-10-4-7-18(21)22/h3,5-6,8-9,11-12H,4,7,10H2,1-2H3,(H,20,23). The molecule has 0 atom stereocenters. The molecule has 1 N–H and O–H groups in total. The topological polar surface area (TPSA) is 49.4 Å². The maximum atomic E-state index is 12.4. The molecule has 3 rings (SSSR count). The number of aryl methyl sites for hydroxylation is 2. The Kier molecular flexibility index (Phi) is 4.15. The van der Waals surface area contributed by atoms with Crippen molar-refractivity contribution in [1.82, 2.24) is 0 Å². The van der Waals surface area contributed by atoms with Crippen molar-refractivity contribution in [2.75, 3.05) is 16.8 Å². The van der Waals surface area contributed by atoms with Gasteiger partial charge in [-0.05, 0) is 50.1 Å². The smallest absolute Gasteiger partial charge is 0.255 e. The molecule has 1 aliphatic heterocycles. The van der Waals surface area contributed by atoms with Crippen molar-refractivity contribution in [3.05, 3.63) is 59.2 Å². The van der Waals surface area contributed by atoms with Gasteiger partial charge in [-0.3, -0.25) is 9.59 Å². The number of carbonyl (C=O) groups is 2. The van der Waals surface area contributed by atoms with Crippen LogP contribution in [0.25, 0.3) is 0 Å². The summed E-state index contributed by atoms with van der Waals surface area (Å²) in [6.45, 7) is 4.68. The fourth-order valence-corrected chi connectivity index (χ4v) is 2.87. The largest absolute Gasteiger partial charge is 0.322 e. The lowest BCUT2D eigenvalue weighted by Gasteiger charge is -2.19. The van der Waals surface area contributed by atoms with Gasteiger partial charge in [-0.15, -0.1) is 0 Å². The first-order valence-electron chi connectivity index (χ1n) is 7.83. The van der Waals surface area contributed by atoms with Crippen LogP contribution in [-0.4, -0.2) is 18.4 Å². The molecule has 0 aromatic heterocycles. The Hall–Kier alpha value is -2.62. The molecular weight excluding hydrogens is 288 g/mol. The van der Waals surface area contributed by atoms with Crippen LogP contribution in [0.3, 0.4) is 0 Å². The Balaban J connectivity index is 1.83. The van der Waals surface area contributed by atoms with Gasteiger partial charge in [0.2, 0.25) is 5.91 Å². The first-order chi connectivity index (χ1) is 11.0. The molecule has 2 aromatic carbocycles. The molecule has 1 aliphatic rings. The summed E-state index contributed by atoms with van der Waals surface area (Å²) < 4.78 is 0. The number of anilines is 2. The third-order valence-corrected chi connectivity index (χ3v) is 4.11. The van der Waals surface area contributed by atoms with Crippen LogP contribution >= 0.6 is 0 Å². The van der Waals surface area contributed by atoms with E-state index in [9.17, 15) is 9.59 Å². The van der Waals surface area contributed by atoms with E-state index >= 15 is 0 Å². The molecule has 0 unspecified atom stereocenters. The van der Waals surface area contributed by atoms with Gasteiger partial charge in [0.25, 0.3) is 5.91 Å². The number of nitrogens with one attached hydrogen (secondary N) is 1. The van der Waals surface area contributed by atoms with Gasteiger partial charge in [0.15, 0.2) is 0 Å². The number of hydrogen-bond acceptors (Lipinski definition) is 2. The van der Waals surface area contributed by atoms with Crippen molar-refractivity contribution in [3.8, 4) is 0 Å². The fraction of sp³-hybridized carbons (Fsp3) is 0.263. The van der Waals surface area contributed by atoms with E-state index in [0.29, 0.717) is 17.7 Å². The second-order valence-electron chi connectivity index (χ2n) is 5.97. The molecule has 2 amide bonds. The van der Waals surface area contributed by atoms with Gasteiger partial charge in [0.05, 0.1) is 0 Å². The minimum Gasteiger partial charge on any atom is -0.322 e. The fourth-order valence-electron chi connectivity index (χ4n) is 2.87. The molecule has 23 heavy (non-hydrogen) atoms.